The van der Waals surface area contributed by atoms with Crippen LogP contribution >= 0.6 is 24.0 Å². The predicted octanol–water partition coefficient (Wildman–Crippen LogP) is 4.96. The van der Waals surface area contributed by atoms with Gasteiger partial charge < -0.3 is 4.90 Å². The van der Waals surface area contributed by atoms with Gasteiger partial charge in [-0.1, -0.05) is 60.4 Å². The molecule has 34 heavy (non-hydrogen) atoms. The van der Waals surface area contributed by atoms with Gasteiger partial charge in [0.1, 0.15) is 15.8 Å². The van der Waals surface area contributed by atoms with Crippen LogP contribution < -0.4 is 10.5 Å². The summed E-state index contributed by atoms with van der Waals surface area (Å²) in [7, 11) is 0. The van der Waals surface area contributed by atoms with Crippen LogP contribution in [0.4, 0.5) is 5.82 Å². The summed E-state index contributed by atoms with van der Waals surface area (Å²) in [5.74, 6) is 0.477. The van der Waals surface area contributed by atoms with Crippen LogP contribution in [0.2, 0.25) is 0 Å². The average Bonchev–Trinajstić information content (AvgIpc) is 3.14. The van der Waals surface area contributed by atoms with Gasteiger partial charge in [0.2, 0.25) is 0 Å². The van der Waals surface area contributed by atoms with Crippen molar-refractivity contribution in [1.29, 1.82) is 0 Å². The molecule has 0 bridgehead atoms. The smallest absolute Gasteiger partial charge is 0.267 e. The van der Waals surface area contributed by atoms with Gasteiger partial charge in [0.15, 0.2) is 0 Å². The molecule has 2 fully saturated rings. The first-order valence-electron chi connectivity index (χ1n) is 11.5. The third kappa shape index (κ3) is 4.05. The van der Waals surface area contributed by atoms with Crippen molar-refractivity contribution in [3.8, 4) is 0 Å². The molecule has 174 valence electrons. The van der Waals surface area contributed by atoms with Crippen LogP contribution in [0.1, 0.15) is 48.9 Å². The van der Waals surface area contributed by atoms with Crippen molar-refractivity contribution in [3.63, 3.8) is 0 Å². The summed E-state index contributed by atoms with van der Waals surface area (Å²) >= 11 is 6.84. The number of hydrogen-bond donors (Lipinski definition) is 0. The number of fused-ring (bicyclic) bond motifs is 1. The summed E-state index contributed by atoms with van der Waals surface area (Å²) in [5, 5.41) is 0. The average molecular weight is 491 g/mol. The van der Waals surface area contributed by atoms with Crippen LogP contribution in [-0.2, 0) is 4.79 Å². The summed E-state index contributed by atoms with van der Waals surface area (Å²) in [6, 6.07) is 13.4. The second kappa shape index (κ2) is 9.35. The Kier molecular flexibility index (Phi) is 6.27. The standard InChI is InChI=1S/C26H26N4O2S2/c1-17-10-9-15-29-22(17)27-23(28-13-7-4-8-14-28)20(24(29)31)16-21-25(32)30(26(33)34-21)18(2)19-11-5-3-6-12-19/h3,5-6,9-12,15-16,18H,4,7-8,13-14H2,1-2H3. The number of thiocarbonyl (C=S) groups is 1. The Bertz CT molecular complexity index is 1360. The van der Waals surface area contributed by atoms with E-state index >= 15 is 0 Å². The van der Waals surface area contributed by atoms with Gasteiger partial charge in [-0.25, -0.2) is 4.98 Å². The van der Waals surface area contributed by atoms with E-state index in [-0.39, 0.29) is 17.5 Å². The van der Waals surface area contributed by atoms with Crippen molar-refractivity contribution < 1.29 is 4.79 Å². The SMILES string of the molecule is Cc1cccn2c(=O)c(C=C3SC(=S)N(C(C)c4ccccc4)C3=O)c(N3CCCCC3)nc12. The van der Waals surface area contributed by atoms with Gasteiger partial charge in [-0.2, -0.15) is 0 Å². The molecule has 0 radical (unpaired) electrons. The molecule has 0 N–H and O–H groups in total. The molecular formula is C26H26N4O2S2. The molecule has 2 aromatic heterocycles. The lowest BCUT2D eigenvalue weighted by Crippen LogP contribution is -2.34. The molecule has 3 aromatic rings. The van der Waals surface area contributed by atoms with Gasteiger partial charge in [0.25, 0.3) is 11.5 Å². The number of carbonyl (C=O) groups is 1. The maximum Gasteiger partial charge on any atom is 0.267 e. The topological polar surface area (TPSA) is 57.9 Å². The number of hydrogen-bond acceptors (Lipinski definition) is 6. The number of nitrogens with zero attached hydrogens (tertiary/aromatic N) is 4. The Hall–Kier alpha value is -2.97. The fourth-order valence-corrected chi connectivity index (χ4v) is 6.00. The van der Waals surface area contributed by atoms with Crippen molar-refractivity contribution in [1.82, 2.24) is 14.3 Å². The lowest BCUT2D eigenvalue weighted by molar-refractivity contribution is -0.123. The number of amides is 1. The molecule has 0 aliphatic carbocycles. The first kappa shape index (κ1) is 22.8. The van der Waals surface area contributed by atoms with Crippen LogP contribution in [-0.4, -0.2) is 37.6 Å². The highest BCUT2D eigenvalue weighted by Gasteiger charge is 2.36. The Balaban J connectivity index is 1.61. The Labute approximate surface area is 208 Å². The number of pyridine rings is 1. The molecule has 1 unspecified atom stereocenters. The van der Waals surface area contributed by atoms with Crippen LogP contribution in [0.25, 0.3) is 11.7 Å². The highest BCUT2D eigenvalue weighted by atomic mass is 32.2. The van der Waals surface area contributed by atoms with Crippen molar-refractivity contribution in [2.24, 2.45) is 0 Å². The molecule has 0 spiro atoms. The number of thioether (sulfide) groups is 1. The fraction of sp³-hybridized carbons (Fsp3) is 0.308. The second-order valence-electron chi connectivity index (χ2n) is 8.73. The maximum atomic E-state index is 13.6. The van der Waals surface area contributed by atoms with Crippen molar-refractivity contribution in [2.75, 3.05) is 18.0 Å². The van der Waals surface area contributed by atoms with E-state index in [2.05, 4.69) is 4.90 Å². The van der Waals surface area contributed by atoms with Gasteiger partial charge in [-0.3, -0.25) is 18.9 Å². The molecule has 4 heterocycles. The van der Waals surface area contributed by atoms with E-state index in [4.69, 9.17) is 17.2 Å². The zero-order valence-electron chi connectivity index (χ0n) is 19.2. The van der Waals surface area contributed by atoms with E-state index in [1.807, 2.05) is 56.3 Å². The molecule has 2 saturated heterocycles. The van der Waals surface area contributed by atoms with Crippen LogP contribution in [0.3, 0.4) is 0 Å². The number of benzene rings is 1. The number of rotatable bonds is 4. The first-order valence-corrected chi connectivity index (χ1v) is 12.8. The summed E-state index contributed by atoms with van der Waals surface area (Å²) in [5.41, 5.74) is 2.87. The molecule has 1 amide bonds. The summed E-state index contributed by atoms with van der Waals surface area (Å²) in [6.07, 6.45) is 6.73. The molecule has 2 aliphatic rings. The third-order valence-electron chi connectivity index (χ3n) is 6.49. The zero-order valence-corrected chi connectivity index (χ0v) is 20.9. The molecule has 2 aliphatic heterocycles. The van der Waals surface area contributed by atoms with Crippen LogP contribution in [0, 0.1) is 6.92 Å². The molecule has 8 heteroatoms. The minimum Gasteiger partial charge on any atom is -0.356 e. The monoisotopic (exact) mass is 490 g/mol. The van der Waals surface area contributed by atoms with E-state index in [0.717, 1.165) is 37.1 Å². The molecule has 1 aromatic carbocycles. The summed E-state index contributed by atoms with van der Waals surface area (Å²) in [6.45, 7) is 5.62. The van der Waals surface area contributed by atoms with Gasteiger partial charge in [0.05, 0.1) is 16.5 Å². The summed E-state index contributed by atoms with van der Waals surface area (Å²) in [4.78, 5) is 36.3. The Morgan fingerprint density at radius 3 is 2.53 bits per heavy atom. The molecule has 6 nitrogen and oxygen atoms in total. The lowest BCUT2D eigenvalue weighted by atomic mass is 10.1. The van der Waals surface area contributed by atoms with E-state index in [9.17, 15) is 9.59 Å². The highest BCUT2D eigenvalue weighted by molar-refractivity contribution is 8.26. The quantitative estimate of drug-likeness (QED) is 0.381. The number of piperidine rings is 1. The van der Waals surface area contributed by atoms with Crippen molar-refractivity contribution in [3.05, 3.63) is 80.6 Å². The molecule has 1 atom stereocenters. The van der Waals surface area contributed by atoms with Crippen LogP contribution in [0.5, 0.6) is 0 Å². The second-order valence-corrected chi connectivity index (χ2v) is 10.4. The van der Waals surface area contributed by atoms with Crippen LogP contribution in [0.15, 0.2) is 58.4 Å². The first-order chi connectivity index (χ1) is 16.5. The predicted molar refractivity (Wildman–Crippen MR) is 142 cm³/mol. The van der Waals surface area contributed by atoms with Gasteiger partial charge in [0, 0.05) is 19.3 Å². The van der Waals surface area contributed by atoms with E-state index < -0.39 is 0 Å². The minimum atomic E-state index is -0.195. The van der Waals surface area contributed by atoms with Crippen molar-refractivity contribution >= 4 is 51.7 Å². The zero-order chi connectivity index (χ0) is 23.8. The molecule has 5 rings (SSSR count). The summed E-state index contributed by atoms with van der Waals surface area (Å²) < 4.78 is 2.07. The maximum absolute atomic E-state index is 13.6. The van der Waals surface area contributed by atoms with E-state index in [1.165, 1.54) is 18.2 Å². The number of aromatic nitrogens is 2. The largest absolute Gasteiger partial charge is 0.356 e. The fourth-order valence-electron chi connectivity index (χ4n) is 4.60. The highest BCUT2D eigenvalue weighted by Crippen LogP contribution is 2.38. The Morgan fingerprint density at radius 2 is 1.79 bits per heavy atom. The van der Waals surface area contributed by atoms with Gasteiger partial charge >= 0.3 is 0 Å². The molecular weight excluding hydrogens is 464 g/mol. The van der Waals surface area contributed by atoms with E-state index in [0.29, 0.717) is 26.3 Å². The number of anilines is 1. The Morgan fingerprint density at radius 1 is 1.06 bits per heavy atom. The van der Waals surface area contributed by atoms with Crippen molar-refractivity contribution in [2.45, 2.75) is 39.2 Å². The number of carbonyl (C=O) groups excluding carboxylic acids is 1. The van der Waals surface area contributed by atoms with Gasteiger partial charge in [-0.15, -0.1) is 0 Å². The van der Waals surface area contributed by atoms with Gasteiger partial charge in [-0.05, 0) is 56.4 Å². The lowest BCUT2D eigenvalue weighted by Gasteiger charge is -2.29. The number of aryl methyl sites for hydroxylation is 1. The normalized spacial score (nSPS) is 18.8. The van der Waals surface area contributed by atoms with E-state index in [1.54, 1.807) is 21.6 Å². The minimum absolute atomic E-state index is 0.171. The molecule has 0 saturated carbocycles. The third-order valence-corrected chi connectivity index (χ3v) is 7.82.